The van der Waals surface area contributed by atoms with Crippen LogP contribution in [0.1, 0.15) is 109 Å². The average molecular weight is 977 g/mol. The number of benzene rings is 2. The Bertz CT molecular complexity index is 2560. The quantitative estimate of drug-likeness (QED) is 0.0847. The van der Waals surface area contributed by atoms with Crippen LogP contribution in [0.15, 0.2) is 71.8 Å². The molecule has 6 rings (SSSR count). The topological polar surface area (TPSA) is 202 Å². The van der Waals surface area contributed by atoms with Crippen molar-refractivity contribution in [2.24, 2.45) is 16.7 Å². The Morgan fingerprint density at radius 2 is 1.56 bits per heavy atom. The third kappa shape index (κ3) is 10.2. The van der Waals surface area contributed by atoms with E-state index in [1.807, 2.05) is 5.32 Å². The maximum Gasteiger partial charge on any atom is 0.411 e. The smallest absolute Gasteiger partial charge is 0.411 e. The second kappa shape index (κ2) is 18.7. The SMILES string of the molecule is [2H]C([2H])([2H])C(OC(=O)N[C@@H](c1ccccc1)[C@@H](O)C(=O)O[C@H]1C[C@@]2(O)[C@@H](OC(=O)c3ccccc3)[C@@H]3[C@]4(OC(C)=O)CO[C@@H]4C[C@H](OCC(C)(F)F)[C@@]3(C)C(=O)[C@H](OCC(F)(F)F)C(=C1C)C2(C)C)(C([2H])([2H])[2H])C([2H])([2H])[2H]. The first-order valence-corrected chi connectivity index (χ1v) is 21.3. The van der Waals surface area contributed by atoms with Crippen molar-refractivity contribution in [1.82, 2.24) is 5.32 Å². The van der Waals surface area contributed by atoms with E-state index in [4.69, 9.17) is 45.5 Å². The Hall–Kier alpha value is -5.02. The molecule has 2 aromatic rings. The molecule has 374 valence electrons. The summed E-state index contributed by atoms with van der Waals surface area (Å²) >= 11 is 0. The van der Waals surface area contributed by atoms with E-state index in [9.17, 15) is 51.3 Å². The van der Waals surface area contributed by atoms with Crippen LogP contribution < -0.4 is 5.32 Å². The lowest BCUT2D eigenvalue weighted by atomic mass is 9.44. The molecule has 68 heavy (non-hydrogen) atoms. The van der Waals surface area contributed by atoms with Crippen LogP contribution in [-0.2, 0) is 47.5 Å². The van der Waals surface area contributed by atoms with Crippen molar-refractivity contribution in [1.29, 1.82) is 0 Å². The number of ketones is 1. The van der Waals surface area contributed by atoms with Crippen LogP contribution >= 0.6 is 0 Å². The van der Waals surface area contributed by atoms with E-state index in [-0.39, 0.29) is 16.7 Å². The number of alkyl halides is 5. The molecule has 1 amide bonds. The number of hydrogen-bond acceptors (Lipinski definition) is 14. The maximum atomic E-state index is 15.9. The van der Waals surface area contributed by atoms with E-state index in [0.29, 0.717) is 6.92 Å². The number of ether oxygens (including phenoxy) is 7. The third-order valence-corrected chi connectivity index (χ3v) is 13.3. The first-order chi connectivity index (χ1) is 35.1. The number of carbonyl (C=O) groups excluding carboxylic acids is 5. The summed E-state index contributed by atoms with van der Waals surface area (Å²) in [5.41, 5.74) is -15.2. The van der Waals surface area contributed by atoms with Crippen LogP contribution in [0.2, 0.25) is 0 Å². The molecular weight excluding hydrogens is 910 g/mol. The number of aliphatic hydroxyl groups excluding tert-OH is 1. The zero-order chi connectivity index (χ0) is 58.1. The molecule has 1 aliphatic heterocycles. The molecule has 2 saturated carbocycles. The maximum absolute atomic E-state index is 15.9. The molecular formula is C48H58F5NO14. The van der Waals surface area contributed by atoms with Gasteiger partial charge in [-0.3, -0.25) is 9.59 Å². The molecule has 0 spiro atoms. The second-order valence-corrected chi connectivity index (χ2v) is 18.4. The van der Waals surface area contributed by atoms with Gasteiger partial charge in [0, 0.05) is 44.4 Å². The van der Waals surface area contributed by atoms with Crippen molar-refractivity contribution in [2.45, 2.75) is 147 Å². The van der Waals surface area contributed by atoms with Crippen molar-refractivity contribution in [3.05, 3.63) is 82.9 Å². The van der Waals surface area contributed by atoms with E-state index in [0.717, 1.165) is 20.8 Å². The van der Waals surface area contributed by atoms with Gasteiger partial charge in [0.2, 0.25) is 0 Å². The van der Waals surface area contributed by atoms with E-state index in [2.05, 4.69) is 0 Å². The Kier molecular flexibility index (Phi) is 11.2. The Balaban J connectivity index is 1.57. The summed E-state index contributed by atoms with van der Waals surface area (Å²) in [5, 5.41) is 27.6. The number of carbonyl (C=O) groups is 5. The van der Waals surface area contributed by atoms with E-state index in [1.54, 1.807) is 0 Å². The number of fused-ring (bicyclic) bond motifs is 5. The number of halogens is 5. The molecule has 3 N–H and O–H groups in total. The van der Waals surface area contributed by atoms with Crippen LogP contribution in [0, 0.1) is 16.7 Å². The standard InChI is InChI=1S/C48H58F5NO14/c1-25-29(65-40(59)34(56)33(27-16-12-10-13-17-27)54-41(60)68-42(3,4)5)21-47(61)38(66-39(58)28-18-14-11-15-19-28)36-45(9,37(57)35(32(25)43(47,6)7)64-24-48(51,52)53)30(62-22-44(8,49)50)20-31-46(36,23-63-31)67-26(2)55/h10-19,29-31,33-36,38,56,61H,20-24H2,1-9H3,(H,54,60)/t29-,30-,31+,33-,34+,35+,36-,38-,45+,46-,47+/m0/s1/i3D3,4D3,5D3. The highest BCUT2D eigenvalue weighted by Gasteiger charge is 2.78. The van der Waals surface area contributed by atoms with E-state index < -0.39 is 177 Å². The van der Waals surface area contributed by atoms with Gasteiger partial charge in [-0.2, -0.15) is 13.2 Å². The predicted molar refractivity (Wildman–Crippen MR) is 228 cm³/mol. The zero-order valence-electron chi connectivity index (χ0n) is 46.6. The van der Waals surface area contributed by atoms with Gasteiger partial charge in [0.15, 0.2) is 17.5 Å². The van der Waals surface area contributed by atoms with Crippen molar-refractivity contribution >= 4 is 29.8 Å². The predicted octanol–water partition coefficient (Wildman–Crippen LogP) is 6.53. The van der Waals surface area contributed by atoms with Crippen molar-refractivity contribution in [3.63, 3.8) is 0 Å². The Morgan fingerprint density at radius 1 is 0.941 bits per heavy atom. The van der Waals surface area contributed by atoms with E-state index in [1.165, 1.54) is 74.5 Å². The highest BCUT2D eigenvalue weighted by Crippen LogP contribution is 2.65. The molecule has 15 nitrogen and oxygen atoms in total. The monoisotopic (exact) mass is 976 g/mol. The minimum absolute atomic E-state index is 0.173. The van der Waals surface area contributed by atoms with E-state index >= 15 is 4.79 Å². The van der Waals surface area contributed by atoms with Gasteiger partial charge in [-0.1, -0.05) is 62.4 Å². The average Bonchev–Trinajstić information content (AvgIpc) is 3.29. The number of esters is 3. The number of rotatable bonds is 13. The fourth-order valence-corrected chi connectivity index (χ4v) is 10.2. The lowest BCUT2D eigenvalue weighted by Crippen LogP contribution is -2.82. The zero-order valence-corrected chi connectivity index (χ0v) is 37.6. The normalized spacial score (nSPS) is 33.5. The number of nitrogens with one attached hydrogen (secondary N) is 1. The van der Waals surface area contributed by atoms with Gasteiger partial charge in [0.25, 0.3) is 5.92 Å². The van der Waals surface area contributed by atoms with Gasteiger partial charge in [0.1, 0.15) is 48.8 Å². The fraction of sp³-hybridized carbons (Fsp3) is 0.604. The number of Topliss-reactive ketones (excluding diaryl/α,β-unsaturated/α-hetero) is 1. The minimum Gasteiger partial charge on any atom is -0.456 e. The molecule has 1 saturated heterocycles. The fourth-order valence-electron chi connectivity index (χ4n) is 10.2. The summed E-state index contributed by atoms with van der Waals surface area (Å²) in [6.45, 7) is -10.2. The molecule has 3 fully saturated rings. The van der Waals surface area contributed by atoms with Gasteiger partial charge in [-0.25, -0.2) is 23.2 Å². The van der Waals surface area contributed by atoms with Gasteiger partial charge in [-0.05, 0) is 63.2 Å². The summed E-state index contributed by atoms with van der Waals surface area (Å²) in [4.78, 5) is 71.8. The molecule has 20 heteroatoms. The number of aliphatic hydroxyl groups is 2. The van der Waals surface area contributed by atoms with Crippen LogP contribution in [0.25, 0.3) is 0 Å². The molecule has 1 heterocycles. The Morgan fingerprint density at radius 3 is 2.10 bits per heavy atom. The van der Waals surface area contributed by atoms with Crippen molar-refractivity contribution in [2.75, 3.05) is 19.8 Å². The summed E-state index contributed by atoms with van der Waals surface area (Å²) in [7, 11) is 0. The molecule has 11 atom stereocenters. The largest absolute Gasteiger partial charge is 0.456 e. The van der Waals surface area contributed by atoms with Crippen LogP contribution in [0.3, 0.4) is 0 Å². The highest BCUT2D eigenvalue weighted by molar-refractivity contribution is 5.94. The number of amides is 1. The molecule has 0 unspecified atom stereocenters. The molecule has 0 aromatic heterocycles. The van der Waals surface area contributed by atoms with Crippen molar-refractivity contribution < 1.29 is 102 Å². The lowest BCUT2D eigenvalue weighted by Gasteiger charge is -2.68. The first kappa shape index (κ1) is 40.8. The molecule has 2 bridgehead atoms. The van der Waals surface area contributed by atoms with Gasteiger partial charge in [-0.15, -0.1) is 0 Å². The summed E-state index contributed by atoms with van der Waals surface area (Å²) < 4.78 is 184. The molecule has 4 aliphatic rings. The van der Waals surface area contributed by atoms with Gasteiger partial charge >= 0.3 is 30.2 Å². The minimum atomic E-state index is -5.19. The highest BCUT2D eigenvalue weighted by atomic mass is 19.4. The molecule has 2 aromatic carbocycles. The van der Waals surface area contributed by atoms with Crippen molar-refractivity contribution in [3.8, 4) is 0 Å². The molecule has 3 aliphatic carbocycles. The van der Waals surface area contributed by atoms with Crippen LogP contribution in [0.4, 0.5) is 26.7 Å². The van der Waals surface area contributed by atoms with Gasteiger partial charge in [0.05, 0.1) is 35.6 Å². The second-order valence-electron chi connectivity index (χ2n) is 18.4. The van der Waals surface area contributed by atoms with Gasteiger partial charge < -0.3 is 48.7 Å². The summed E-state index contributed by atoms with van der Waals surface area (Å²) in [6, 6.07) is 11.3. The van der Waals surface area contributed by atoms with Crippen LogP contribution in [-0.4, -0.2) is 125 Å². The Labute approximate surface area is 402 Å². The number of alkyl carbamates (subject to hydrolysis) is 1. The third-order valence-electron chi connectivity index (χ3n) is 13.3. The first-order valence-electron chi connectivity index (χ1n) is 25.8. The lowest BCUT2D eigenvalue weighted by molar-refractivity contribution is -0.350. The van der Waals surface area contributed by atoms with Crippen LogP contribution in [0.5, 0.6) is 0 Å². The summed E-state index contributed by atoms with van der Waals surface area (Å²) in [6.07, 6.45) is -21.4. The number of hydrogen-bond donors (Lipinski definition) is 3. The summed E-state index contributed by atoms with van der Waals surface area (Å²) in [5.74, 6) is -11.0. The molecule has 0 radical (unpaired) electrons.